The number of carboxylic acids is 1. The van der Waals surface area contributed by atoms with Gasteiger partial charge in [0.15, 0.2) is 0 Å². The highest BCUT2D eigenvalue weighted by atomic mass is 35.5. The molecule has 1 aliphatic carbocycles. The topological polar surface area (TPSA) is 78.4 Å². The van der Waals surface area contributed by atoms with E-state index in [-0.39, 0.29) is 0 Å². The van der Waals surface area contributed by atoms with Gasteiger partial charge in [-0.2, -0.15) is 0 Å². The minimum atomic E-state index is -1.14. The number of anilines is 1. The Morgan fingerprint density at radius 2 is 1.70 bits per heavy atom. The first-order chi connectivity index (χ1) is 9.52. The summed E-state index contributed by atoms with van der Waals surface area (Å²) in [5, 5.41) is 15.2. The predicted molar refractivity (Wildman–Crippen MR) is 77.1 cm³/mol. The van der Waals surface area contributed by atoms with Crippen molar-refractivity contribution < 1.29 is 14.7 Å². The fourth-order valence-electron chi connectivity index (χ4n) is 2.46. The van der Waals surface area contributed by atoms with Crippen molar-refractivity contribution in [3.63, 3.8) is 0 Å². The number of hydrogen-bond donors (Lipinski definition) is 3. The highest BCUT2D eigenvalue weighted by molar-refractivity contribution is 6.30. The minimum Gasteiger partial charge on any atom is -0.480 e. The Morgan fingerprint density at radius 3 is 2.25 bits per heavy atom. The molecule has 2 rings (SSSR count). The number of nitrogens with one attached hydrogen (secondary N) is 2. The molecule has 0 unspecified atom stereocenters. The molecule has 1 fully saturated rings. The van der Waals surface area contributed by atoms with E-state index in [1.165, 1.54) is 0 Å². The van der Waals surface area contributed by atoms with E-state index < -0.39 is 17.5 Å². The van der Waals surface area contributed by atoms with E-state index in [4.69, 9.17) is 11.6 Å². The van der Waals surface area contributed by atoms with Crippen LogP contribution in [0, 0.1) is 0 Å². The smallest absolute Gasteiger partial charge is 0.329 e. The minimum absolute atomic E-state index is 0.469. The normalized spacial score (nSPS) is 17.2. The number of halogens is 1. The summed E-state index contributed by atoms with van der Waals surface area (Å²) >= 11 is 5.76. The van der Waals surface area contributed by atoms with Gasteiger partial charge in [0.2, 0.25) is 0 Å². The molecule has 3 N–H and O–H groups in total. The molecule has 6 heteroatoms. The first-order valence-corrected chi connectivity index (χ1v) is 6.98. The third-order valence-corrected chi connectivity index (χ3v) is 3.82. The number of carbonyl (C=O) groups is 2. The third kappa shape index (κ3) is 3.42. The van der Waals surface area contributed by atoms with E-state index >= 15 is 0 Å². The van der Waals surface area contributed by atoms with Gasteiger partial charge in [0, 0.05) is 10.7 Å². The van der Waals surface area contributed by atoms with Crippen LogP contribution in [0.1, 0.15) is 32.1 Å². The summed E-state index contributed by atoms with van der Waals surface area (Å²) in [5.41, 5.74) is -0.572. The van der Waals surface area contributed by atoms with Gasteiger partial charge in [-0.25, -0.2) is 9.59 Å². The molecule has 0 atom stereocenters. The molecule has 1 aliphatic rings. The average molecular weight is 297 g/mol. The van der Waals surface area contributed by atoms with Gasteiger partial charge in [0.1, 0.15) is 5.54 Å². The van der Waals surface area contributed by atoms with Gasteiger partial charge in [0.25, 0.3) is 0 Å². The lowest BCUT2D eigenvalue weighted by Crippen LogP contribution is -2.56. The van der Waals surface area contributed by atoms with Crippen molar-refractivity contribution in [3.05, 3.63) is 29.3 Å². The molecule has 0 aromatic heterocycles. The molecule has 0 radical (unpaired) electrons. The van der Waals surface area contributed by atoms with Crippen molar-refractivity contribution in [2.45, 2.75) is 37.6 Å². The molecule has 0 saturated heterocycles. The molecule has 0 spiro atoms. The van der Waals surface area contributed by atoms with E-state index in [1.54, 1.807) is 24.3 Å². The van der Waals surface area contributed by atoms with Gasteiger partial charge in [-0.1, -0.05) is 30.9 Å². The van der Waals surface area contributed by atoms with Gasteiger partial charge in [0.05, 0.1) is 0 Å². The highest BCUT2D eigenvalue weighted by Crippen LogP contribution is 2.28. The van der Waals surface area contributed by atoms with E-state index in [0.717, 1.165) is 19.3 Å². The molecule has 1 aromatic carbocycles. The Labute approximate surface area is 122 Å². The van der Waals surface area contributed by atoms with Crippen molar-refractivity contribution in [2.24, 2.45) is 0 Å². The van der Waals surface area contributed by atoms with Crippen molar-refractivity contribution >= 4 is 29.3 Å². The summed E-state index contributed by atoms with van der Waals surface area (Å²) in [5.74, 6) is -0.969. The molecular weight excluding hydrogens is 280 g/mol. The van der Waals surface area contributed by atoms with Crippen LogP contribution in [0.5, 0.6) is 0 Å². The quantitative estimate of drug-likeness (QED) is 0.801. The Hall–Kier alpha value is -1.75. The number of carboxylic acid groups (broad SMARTS) is 1. The van der Waals surface area contributed by atoms with E-state index in [1.807, 2.05) is 0 Å². The second-order valence-corrected chi connectivity index (χ2v) is 5.47. The number of urea groups is 1. The second-order valence-electron chi connectivity index (χ2n) is 5.03. The highest BCUT2D eigenvalue weighted by Gasteiger charge is 2.40. The maximum atomic E-state index is 12.0. The summed E-state index contributed by atoms with van der Waals surface area (Å²) in [6, 6.07) is 6.14. The molecule has 108 valence electrons. The Balaban J connectivity index is 2.01. The molecule has 1 aromatic rings. The van der Waals surface area contributed by atoms with E-state index in [2.05, 4.69) is 10.6 Å². The lowest BCUT2D eigenvalue weighted by Gasteiger charge is -2.33. The zero-order valence-electron chi connectivity index (χ0n) is 11.0. The van der Waals surface area contributed by atoms with Crippen LogP contribution in [0.15, 0.2) is 24.3 Å². The standard InChI is InChI=1S/C14H17ClN2O3/c15-10-4-6-11(7-5-10)16-13(20)17-14(12(18)19)8-2-1-3-9-14/h4-7H,1-3,8-9H2,(H,18,19)(H2,16,17,20). The van der Waals surface area contributed by atoms with Crippen LogP contribution in [-0.2, 0) is 4.79 Å². The van der Waals surface area contributed by atoms with Crippen LogP contribution < -0.4 is 10.6 Å². The van der Waals surface area contributed by atoms with Gasteiger partial charge in [-0.15, -0.1) is 0 Å². The zero-order valence-corrected chi connectivity index (χ0v) is 11.7. The van der Waals surface area contributed by atoms with Crippen LogP contribution in [0.4, 0.5) is 10.5 Å². The monoisotopic (exact) mass is 296 g/mol. The number of aliphatic carboxylic acids is 1. The van der Waals surface area contributed by atoms with Crippen molar-refractivity contribution in [1.29, 1.82) is 0 Å². The molecule has 0 aliphatic heterocycles. The zero-order chi connectivity index (χ0) is 14.6. The van der Waals surface area contributed by atoms with Crippen LogP contribution in [0.25, 0.3) is 0 Å². The SMILES string of the molecule is O=C(Nc1ccc(Cl)cc1)NC1(C(=O)O)CCCCC1. The van der Waals surface area contributed by atoms with Crippen LogP contribution in [0.3, 0.4) is 0 Å². The largest absolute Gasteiger partial charge is 0.480 e. The van der Waals surface area contributed by atoms with Crippen LogP contribution in [-0.4, -0.2) is 22.6 Å². The van der Waals surface area contributed by atoms with Crippen molar-refractivity contribution in [1.82, 2.24) is 5.32 Å². The number of carbonyl (C=O) groups excluding carboxylic acids is 1. The summed E-state index contributed by atoms with van der Waals surface area (Å²) in [4.78, 5) is 23.4. The first kappa shape index (κ1) is 14.7. The maximum absolute atomic E-state index is 12.0. The van der Waals surface area contributed by atoms with E-state index in [0.29, 0.717) is 23.6 Å². The summed E-state index contributed by atoms with van der Waals surface area (Å²) in [7, 11) is 0. The fourth-order valence-corrected chi connectivity index (χ4v) is 2.59. The molecule has 1 saturated carbocycles. The number of rotatable bonds is 3. The van der Waals surface area contributed by atoms with Crippen LogP contribution in [0.2, 0.25) is 5.02 Å². The third-order valence-electron chi connectivity index (χ3n) is 3.57. The summed E-state index contributed by atoms with van der Waals surface area (Å²) in [6.45, 7) is 0. The summed E-state index contributed by atoms with van der Waals surface area (Å²) < 4.78 is 0. The molecule has 5 nitrogen and oxygen atoms in total. The second kappa shape index (κ2) is 6.13. The Morgan fingerprint density at radius 1 is 1.10 bits per heavy atom. The van der Waals surface area contributed by atoms with Gasteiger partial charge in [-0.05, 0) is 37.1 Å². The number of amides is 2. The van der Waals surface area contributed by atoms with Gasteiger partial charge in [-0.3, -0.25) is 0 Å². The van der Waals surface area contributed by atoms with Crippen molar-refractivity contribution in [2.75, 3.05) is 5.32 Å². The predicted octanol–water partition coefficient (Wildman–Crippen LogP) is 3.25. The van der Waals surface area contributed by atoms with Crippen LogP contribution >= 0.6 is 11.6 Å². The Kier molecular flexibility index (Phi) is 4.49. The van der Waals surface area contributed by atoms with Crippen molar-refractivity contribution in [3.8, 4) is 0 Å². The van der Waals surface area contributed by atoms with Gasteiger partial charge >= 0.3 is 12.0 Å². The molecule has 0 heterocycles. The fraction of sp³-hybridized carbons (Fsp3) is 0.429. The first-order valence-electron chi connectivity index (χ1n) is 6.60. The molecule has 0 bridgehead atoms. The van der Waals surface area contributed by atoms with E-state index in [9.17, 15) is 14.7 Å². The number of benzene rings is 1. The molecule has 20 heavy (non-hydrogen) atoms. The lowest BCUT2D eigenvalue weighted by atomic mass is 9.82. The lowest BCUT2D eigenvalue weighted by molar-refractivity contribution is -0.145. The molecular formula is C14H17ClN2O3. The van der Waals surface area contributed by atoms with Gasteiger partial charge < -0.3 is 15.7 Å². The summed E-state index contributed by atoms with van der Waals surface area (Å²) in [6.07, 6.45) is 3.57. The maximum Gasteiger partial charge on any atom is 0.329 e. The molecule has 2 amide bonds. The average Bonchev–Trinajstić information content (AvgIpc) is 2.42. The Bertz CT molecular complexity index is 496. The number of hydrogen-bond acceptors (Lipinski definition) is 2.